The van der Waals surface area contributed by atoms with Gasteiger partial charge in [-0.2, -0.15) is 5.10 Å². The van der Waals surface area contributed by atoms with Gasteiger partial charge in [0.15, 0.2) is 0 Å². The van der Waals surface area contributed by atoms with Gasteiger partial charge in [-0.1, -0.05) is 5.10 Å². The van der Waals surface area contributed by atoms with Gasteiger partial charge >= 0.3 is 11.6 Å². The van der Waals surface area contributed by atoms with E-state index in [0.29, 0.717) is 0 Å². The highest BCUT2D eigenvalue weighted by atomic mass is 16.6. The summed E-state index contributed by atoms with van der Waals surface area (Å²) in [5, 5.41) is 45.3. The van der Waals surface area contributed by atoms with E-state index in [-0.39, 0.29) is 11.0 Å². The highest BCUT2D eigenvalue weighted by Crippen LogP contribution is 2.25. The van der Waals surface area contributed by atoms with Crippen LogP contribution in [0.1, 0.15) is 0 Å². The van der Waals surface area contributed by atoms with Gasteiger partial charge in [-0.3, -0.25) is 0 Å². The molecule has 0 saturated heterocycles. The highest BCUT2D eigenvalue weighted by Gasteiger charge is 2.27. The maximum absolute atomic E-state index is 10.4. The number of nitro groups is 2. The average molecular weight is 366 g/mol. The molecule has 4 aromatic heterocycles. The van der Waals surface area contributed by atoms with Crippen LogP contribution in [0.5, 0.6) is 0 Å². The van der Waals surface area contributed by atoms with E-state index in [2.05, 4.69) is 40.8 Å². The number of H-pyrrole nitrogens is 2. The Kier molecular flexibility index (Phi) is 5.29. The van der Waals surface area contributed by atoms with E-state index in [1.165, 1.54) is 34.7 Å². The summed E-state index contributed by atoms with van der Waals surface area (Å²) < 4.78 is 2.56. The van der Waals surface area contributed by atoms with Crippen LogP contribution in [0.3, 0.4) is 0 Å². The summed E-state index contributed by atoms with van der Waals surface area (Å²) in [6.07, 6.45) is 5.67. The Morgan fingerprint density at radius 1 is 0.846 bits per heavy atom. The van der Waals surface area contributed by atoms with Gasteiger partial charge in [0.1, 0.15) is 25.3 Å². The normalized spacial score (nSPS) is 9.69. The number of aromatic amines is 2. The first-order valence-electron chi connectivity index (χ1n) is 6.30. The predicted octanol–water partition coefficient (Wildman–Crippen LogP) is -1.91. The Bertz CT molecular complexity index is 888. The first kappa shape index (κ1) is 17.7. The molecule has 4 rings (SSSR count). The molecule has 0 aliphatic carbocycles. The number of hydrogen-bond acceptors (Lipinski definition) is 12. The van der Waals surface area contributed by atoms with Crippen molar-refractivity contribution in [3.8, 4) is 0 Å². The van der Waals surface area contributed by atoms with Crippen molar-refractivity contribution in [1.82, 2.24) is 50.1 Å². The van der Waals surface area contributed by atoms with Gasteiger partial charge in [-0.05, 0) is 9.85 Å². The van der Waals surface area contributed by atoms with Crippen molar-refractivity contribution in [2.75, 3.05) is 11.7 Å². The molecule has 18 heteroatoms. The van der Waals surface area contributed by atoms with Crippen LogP contribution in [0.15, 0.2) is 25.3 Å². The maximum Gasteiger partial charge on any atom is 0.420 e. The molecule has 26 heavy (non-hydrogen) atoms. The number of nitrogens with zero attached hydrogens (tertiary/aromatic N) is 10. The lowest BCUT2D eigenvalue weighted by Gasteiger charge is -1.84. The maximum atomic E-state index is 10.4. The van der Waals surface area contributed by atoms with Gasteiger partial charge in [0.25, 0.3) is 0 Å². The van der Waals surface area contributed by atoms with E-state index in [1.807, 2.05) is 0 Å². The van der Waals surface area contributed by atoms with Gasteiger partial charge in [0, 0.05) is 0 Å². The van der Waals surface area contributed by atoms with Crippen LogP contribution < -0.4 is 11.7 Å². The molecule has 0 atom stereocenters. The molecule has 0 amide bonds. The average Bonchev–Trinajstić information content (AvgIpc) is 3.31. The van der Waals surface area contributed by atoms with Crippen LogP contribution in [-0.4, -0.2) is 60.0 Å². The topological polar surface area (TPSA) is 257 Å². The number of aromatic nitrogens is 10. The number of nitrogens with two attached hydrogens (primary N) is 2. The van der Waals surface area contributed by atoms with E-state index in [4.69, 9.17) is 11.7 Å². The quantitative estimate of drug-likeness (QED) is 0.172. The van der Waals surface area contributed by atoms with Crippen LogP contribution in [-0.2, 0) is 0 Å². The molecule has 0 aliphatic rings. The molecule has 0 spiro atoms. The van der Waals surface area contributed by atoms with E-state index >= 15 is 0 Å². The summed E-state index contributed by atoms with van der Waals surface area (Å²) >= 11 is 0. The Morgan fingerprint density at radius 2 is 1.35 bits per heavy atom. The van der Waals surface area contributed by atoms with Crippen molar-refractivity contribution in [3.05, 3.63) is 45.5 Å². The lowest BCUT2D eigenvalue weighted by Crippen LogP contribution is -2.02. The van der Waals surface area contributed by atoms with Crippen molar-refractivity contribution >= 4 is 22.7 Å². The third-order valence-electron chi connectivity index (χ3n) is 2.46. The molecule has 136 valence electrons. The van der Waals surface area contributed by atoms with Crippen LogP contribution >= 0.6 is 0 Å². The second kappa shape index (κ2) is 7.76. The van der Waals surface area contributed by atoms with E-state index < -0.39 is 21.5 Å². The molecule has 0 fully saturated rings. The first-order chi connectivity index (χ1) is 12.4. The van der Waals surface area contributed by atoms with E-state index in [0.717, 1.165) is 0 Å². The summed E-state index contributed by atoms with van der Waals surface area (Å²) in [5.41, 5.74) is -0.233. The predicted molar refractivity (Wildman–Crippen MR) is 81.9 cm³/mol. The number of nitrogens with one attached hydrogen (secondary N) is 2. The Balaban J connectivity index is 0.000000166. The summed E-state index contributed by atoms with van der Waals surface area (Å²) in [6.45, 7) is 0. The smallest absolute Gasteiger partial charge is 0.358 e. The SMILES string of the molecule is Nn1cnnc1.Nn1cnnc1.O=[N+]([O-])c1n[nH]c2c([N+](=O)[O-])[nH]nc12. The van der Waals surface area contributed by atoms with Gasteiger partial charge in [-0.15, -0.1) is 25.5 Å². The standard InChI is InChI=1S/C4H2N6O4.2C2H4N4/c11-9(12)3-1-2(6-7-3)4(8-5-1)10(13)14;2*3-6-1-4-5-2-6/h(H,5,8)(H,6,7);2*1-2H,3H2. The fourth-order valence-corrected chi connectivity index (χ4v) is 1.44. The van der Waals surface area contributed by atoms with Crippen LogP contribution in [0.4, 0.5) is 11.6 Å². The van der Waals surface area contributed by atoms with Crippen molar-refractivity contribution in [3.63, 3.8) is 0 Å². The third kappa shape index (κ3) is 4.21. The molecule has 0 radical (unpaired) electrons. The summed E-state index contributed by atoms with van der Waals surface area (Å²) in [5.74, 6) is 9.16. The number of fused-ring (bicyclic) bond motifs is 1. The first-order valence-corrected chi connectivity index (χ1v) is 6.30. The van der Waals surface area contributed by atoms with Crippen molar-refractivity contribution in [2.45, 2.75) is 0 Å². The zero-order valence-electron chi connectivity index (χ0n) is 12.6. The van der Waals surface area contributed by atoms with Crippen molar-refractivity contribution in [2.24, 2.45) is 0 Å². The molecule has 4 heterocycles. The number of hydrogen-bond donors (Lipinski definition) is 4. The monoisotopic (exact) mass is 366 g/mol. The second-order valence-corrected chi connectivity index (χ2v) is 4.18. The Morgan fingerprint density at radius 3 is 1.69 bits per heavy atom. The van der Waals surface area contributed by atoms with Crippen molar-refractivity contribution in [1.29, 1.82) is 0 Å². The molecule has 0 aliphatic heterocycles. The van der Waals surface area contributed by atoms with Gasteiger partial charge in [0.05, 0.1) is 5.10 Å². The van der Waals surface area contributed by atoms with E-state index in [1.54, 1.807) is 0 Å². The molecule has 18 nitrogen and oxygen atoms in total. The molecule has 0 bridgehead atoms. The molecule has 0 saturated carbocycles. The summed E-state index contributed by atoms with van der Waals surface area (Å²) in [4.78, 5) is 19.2. The van der Waals surface area contributed by atoms with E-state index in [9.17, 15) is 20.2 Å². The minimum Gasteiger partial charge on any atom is -0.358 e. The molecule has 0 unspecified atom stereocenters. The summed E-state index contributed by atoms with van der Waals surface area (Å²) in [6, 6.07) is 0. The lowest BCUT2D eigenvalue weighted by molar-refractivity contribution is -0.388. The molecule has 0 aromatic carbocycles. The minimum absolute atomic E-state index is 0.0818. The molecular formula is C8H10N14O4. The second-order valence-electron chi connectivity index (χ2n) is 4.18. The lowest BCUT2D eigenvalue weighted by atomic mass is 10.4. The minimum atomic E-state index is -0.774. The Labute approximate surface area is 141 Å². The van der Waals surface area contributed by atoms with Crippen LogP contribution in [0, 0.1) is 20.2 Å². The summed E-state index contributed by atoms with van der Waals surface area (Å²) in [7, 11) is 0. The van der Waals surface area contributed by atoms with Gasteiger partial charge < -0.3 is 31.9 Å². The molecular weight excluding hydrogens is 356 g/mol. The fraction of sp³-hybridized carbons (Fsp3) is 0. The fourth-order valence-electron chi connectivity index (χ4n) is 1.44. The molecule has 6 N–H and O–H groups in total. The van der Waals surface area contributed by atoms with Crippen molar-refractivity contribution < 1.29 is 9.85 Å². The van der Waals surface area contributed by atoms with Crippen LogP contribution in [0.25, 0.3) is 11.0 Å². The van der Waals surface area contributed by atoms with Gasteiger partial charge in [-0.25, -0.2) is 9.35 Å². The number of nitrogen functional groups attached to an aromatic ring is 2. The van der Waals surface area contributed by atoms with Gasteiger partial charge in [0.2, 0.25) is 11.0 Å². The van der Waals surface area contributed by atoms with Crippen LogP contribution in [0.2, 0.25) is 0 Å². The number of rotatable bonds is 2. The third-order valence-corrected chi connectivity index (χ3v) is 2.46. The Hall–Kier alpha value is -4.64. The largest absolute Gasteiger partial charge is 0.420 e. The molecule has 4 aromatic rings. The zero-order valence-corrected chi connectivity index (χ0v) is 12.6. The highest BCUT2D eigenvalue weighted by molar-refractivity contribution is 5.88. The zero-order chi connectivity index (χ0) is 19.1.